The van der Waals surface area contributed by atoms with Gasteiger partial charge >= 0.3 is 0 Å². The maximum Gasteiger partial charge on any atom is 0.287 e. The summed E-state index contributed by atoms with van der Waals surface area (Å²) in [5.41, 5.74) is 5.29. The molecular weight excluding hydrogens is 174 g/mol. The van der Waals surface area contributed by atoms with Crippen LogP contribution in [0.5, 0.6) is 0 Å². The van der Waals surface area contributed by atoms with E-state index in [9.17, 15) is 8.78 Å². The number of hydrogen-bond donors (Lipinski definition) is 1. The van der Waals surface area contributed by atoms with Crippen molar-refractivity contribution in [3.8, 4) is 0 Å². The van der Waals surface area contributed by atoms with Gasteiger partial charge in [-0.15, -0.1) is 0 Å². The van der Waals surface area contributed by atoms with Crippen LogP contribution >= 0.6 is 0 Å². The monoisotopic (exact) mass is 188 g/mol. The van der Waals surface area contributed by atoms with Crippen LogP contribution in [0.15, 0.2) is 18.3 Å². The summed E-state index contributed by atoms with van der Waals surface area (Å²) in [4.78, 5) is 3.48. The molecule has 0 spiro atoms. The molecule has 0 bridgehead atoms. The minimum atomic E-state index is -2.91. The first-order valence-electron chi connectivity index (χ1n) is 4.10. The van der Waals surface area contributed by atoms with E-state index in [0.29, 0.717) is 5.69 Å². The number of alkyl halides is 2. The minimum absolute atomic E-state index is 0.294. The maximum atomic E-state index is 12.5. The van der Waals surface area contributed by atoms with Gasteiger partial charge in [0.1, 0.15) is 5.69 Å². The van der Waals surface area contributed by atoms with Crippen LogP contribution in [-0.4, -0.2) is 4.98 Å². The van der Waals surface area contributed by atoms with Gasteiger partial charge in [-0.1, -0.05) is 13.8 Å². The molecule has 13 heavy (non-hydrogen) atoms. The molecule has 2 N–H and O–H groups in total. The lowest BCUT2D eigenvalue weighted by Crippen LogP contribution is -2.09. The fraction of sp³-hybridized carbons (Fsp3) is 0.444. The van der Waals surface area contributed by atoms with Crippen molar-refractivity contribution in [2.45, 2.75) is 26.7 Å². The predicted octanol–water partition coefficient (Wildman–Crippen LogP) is 2.80. The quantitative estimate of drug-likeness (QED) is 0.736. The van der Waals surface area contributed by atoms with E-state index in [2.05, 4.69) is 4.98 Å². The molecule has 4 heteroatoms. The Morgan fingerprint density at radius 3 is 2.23 bits per heavy atom. The van der Waals surface area contributed by atoms with Crippen LogP contribution in [0.4, 0.5) is 14.5 Å². The van der Waals surface area contributed by atoms with Gasteiger partial charge in [0.2, 0.25) is 0 Å². The molecule has 1 aromatic rings. The summed E-state index contributed by atoms with van der Waals surface area (Å²) in [6, 6.07) is 2.63. The zero-order chi connectivity index (χ0) is 10.5. The third-order valence-electron chi connectivity index (χ3n) is 1.23. The van der Waals surface area contributed by atoms with Crippen molar-refractivity contribution < 1.29 is 8.78 Å². The zero-order valence-electron chi connectivity index (χ0n) is 8.01. The van der Waals surface area contributed by atoms with Crippen molar-refractivity contribution in [3.63, 3.8) is 0 Å². The summed E-state index contributed by atoms with van der Waals surface area (Å²) in [5, 5.41) is 0. The van der Waals surface area contributed by atoms with Gasteiger partial charge in [0.15, 0.2) is 0 Å². The van der Waals surface area contributed by atoms with Gasteiger partial charge in [-0.05, 0) is 12.1 Å². The molecular formula is C9H14F2N2. The van der Waals surface area contributed by atoms with Crippen molar-refractivity contribution in [1.29, 1.82) is 0 Å². The molecule has 0 aliphatic heterocycles. The van der Waals surface area contributed by atoms with Crippen LogP contribution in [0.25, 0.3) is 0 Å². The first-order valence-corrected chi connectivity index (χ1v) is 4.10. The van der Waals surface area contributed by atoms with Crippen molar-refractivity contribution >= 4 is 5.69 Å². The molecule has 1 aromatic heterocycles. The van der Waals surface area contributed by atoms with Crippen LogP contribution in [0, 0.1) is 0 Å². The number of aromatic nitrogens is 1. The number of nitrogen functional groups attached to an aromatic ring is 1. The highest BCUT2D eigenvalue weighted by Gasteiger charge is 2.25. The zero-order valence-corrected chi connectivity index (χ0v) is 8.01. The Morgan fingerprint density at radius 1 is 1.38 bits per heavy atom. The van der Waals surface area contributed by atoms with Gasteiger partial charge < -0.3 is 5.73 Å². The van der Waals surface area contributed by atoms with Crippen LogP contribution in [-0.2, 0) is 5.92 Å². The highest BCUT2D eigenvalue weighted by atomic mass is 19.3. The van der Waals surface area contributed by atoms with Crippen molar-refractivity contribution in [3.05, 3.63) is 24.0 Å². The van der Waals surface area contributed by atoms with Gasteiger partial charge in [-0.3, -0.25) is 4.98 Å². The highest BCUT2D eigenvalue weighted by molar-refractivity contribution is 5.38. The van der Waals surface area contributed by atoms with E-state index in [-0.39, 0.29) is 5.69 Å². The molecule has 0 aliphatic carbocycles. The molecule has 2 nitrogen and oxygen atoms in total. The topological polar surface area (TPSA) is 38.9 Å². The van der Waals surface area contributed by atoms with Gasteiger partial charge in [-0.2, -0.15) is 8.78 Å². The second-order valence-corrected chi connectivity index (χ2v) is 2.36. The van der Waals surface area contributed by atoms with Crippen LogP contribution < -0.4 is 5.73 Å². The van der Waals surface area contributed by atoms with Crippen molar-refractivity contribution in [1.82, 2.24) is 4.98 Å². The first kappa shape index (κ1) is 11.8. The largest absolute Gasteiger partial charge is 0.399 e. The first-order chi connectivity index (χ1) is 6.00. The van der Waals surface area contributed by atoms with E-state index in [1.54, 1.807) is 0 Å². The van der Waals surface area contributed by atoms with Crippen LogP contribution in [0.1, 0.15) is 26.5 Å². The van der Waals surface area contributed by atoms with E-state index in [1.165, 1.54) is 18.3 Å². The molecule has 0 saturated heterocycles. The van der Waals surface area contributed by atoms with E-state index in [1.807, 2.05) is 13.8 Å². The summed E-state index contributed by atoms with van der Waals surface area (Å²) in [5.74, 6) is -2.91. The molecule has 0 saturated carbocycles. The highest BCUT2D eigenvalue weighted by Crippen LogP contribution is 2.25. The van der Waals surface area contributed by atoms with Crippen molar-refractivity contribution in [2.24, 2.45) is 0 Å². The average molecular weight is 188 g/mol. The molecule has 0 atom stereocenters. The van der Waals surface area contributed by atoms with Gasteiger partial charge in [0.05, 0.1) is 0 Å². The number of anilines is 1. The Bertz CT molecular complexity index is 256. The summed E-state index contributed by atoms with van der Waals surface area (Å²) in [7, 11) is 0. The van der Waals surface area contributed by atoms with E-state index in [0.717, 1.165) is 6.92 Å². The lowest BCUT2D eigenvalue weighted by atomic mass is 10.2. The number of hydrogen-bond acceptors (Lipinski definition) is 2. The normalized spacial score (nSPS) is 10.2. The summed E-state index contributed by atoms with van der Waals surface area (Å²) in [6.45, 7) is 4.79. The van der Waals surface area contributed by atoms with Crippen LogP contribution in [0.3, 0.4) is 0 Å². The molecule has 0 aromatic carbocycles. The summed E-state index contributed by atoms with van der Waals surface area (Å²) in [6.07, 6.45) is 1.27. The second kappa shape index (κ2) is 4.74. The minimum Gasteiger partial charge on any atom is -0.399 e. The SMILES string of the molecule is CC.CC(F)(F)c1cc(N)ccn1. The summed E-state index contributed by atoms with van der Waals surface area (Å²) < 4.78 is 25.0. The fourth-order valence-electron chi connectivity index (χ4n) is 0.687. The molecule has 0 amide bonds. The number of rotatable bonds is 1. The van der Waals surface area contributed by atoms with E-state index < -0.39 is 5.92 Å². The number of pyridine rings is 1. The van der Waals surface area contributed by atoms with Gasteiger partial charge in [0.25, 0.3) is 5.92 Å². The Hall–Kier alpha value is -1.19. The van der Waals surface area contributed by atoms with E-state index in [4.69, 9.17) is 5.73 Å². The molecule has 0 aliphatic rings. The molecule has 0 unspecified atom stereocenters. The van der Waals surface area contributed by atoms with Gasteiger partial charge in [0, 0.05) is 18.8 Å². The maximum absolute atomic E-state index is 12.5. The average Bonchev–Trinajstić information content (AvgIpc) is 2.06. The Morgan fingerprint density at radius 2 is 1.92 bits per heavy atom. The fourth-order valence-corrected chi connectivity index (χ4v) is 0.687. The standard InChI is InChI=1S/C7H8F2N2.C2H6/c1-7(8,9)6-4-5(10)2-3-11-6;1-2/h2-4H,1H3,(H2,10,11);1-2H3. The molecule has 0 fully saturated rings. The third-order valence-corrected chi connectivity index (χ3v) is 1.23. The number of nitrogens with two attached hydrogens (primary N) is 1. The molecule has 74 valence electrons. The lowest BCUT2D eigenvalue weighted by molar-refractivity contribution is 0.0128. The molecule has 1 heterocycles. The Labute approximate surface area is 76.8 Å². The third kappa shape index (κ3) is 3.83. The molecule has 0 radical (unpaired) electrons. The predicted molar refractivity (Wildman–Crippen MR) is 49.6 cm³/mol. The summed E-state index contributed by atoms with van der Waals surface area (Å²) >= 11 is 0. The van der Waals surface area contributed by atoms with Crippen LogP contribution in [0.2, 0.25) is 0 Å². The number of nitrogens with zero attached hydrogens (tertiary/aromatic N) is 1. The Kier molecular flexibility index (Phi) is 4.31. The van der Waals surface area contributed by atoms with Gasteiger partial charge in [-0.25, -0.2) is 0 Å². The van der Waals surface area contributed by atoms with E-state index >= 15 is 0 Å². The Balaban J connectivity index is 0.000000671. The molecule has 1 rings (SSSR count). The smallest absolute Gasteiger partial charge is 0.287 e. The lowest BCUT2D eigenvalue weighted by Gasteiger charge is -2.08. The number of halogens is 2. The van der Waals surface area contributed by atoms with Crippen molar-refractivity contribution in [2.75, 3.05) is 5.73 Å². The second-order valence-electron chi connectivity index (χ2n) is 2.36.